The number of ether oxygens (including phenoxy) is 3. The molecule has 0 spiro atoms. The highest BCUT2D eigenvalue weighted by atomic mass is 16.5. The molecular formula is C18H21NO4. The minimum Gasteiger partial charge on any atom is -0.504 e. The molecule has 0 amide bonds. The minimum absolute atomic E-state index is 0.117. The van der Waals surface area contributed by atoms with Gasteiger partial charge in [0.1, 0.15) is 0 Å². The average Bonchev–Trinajstić information content (AvgIpc) is 2.60. The van der Waals surface area contributed by atoms with E-state index in [1.165, 1.54) is 5.56 Å². The Bertz CT molecular complexity index is 714. The molecule has 1 aliphatic rings. The summed E-state index contributed by atoms with van der Waals surface area (Å²) in [6, 6.07) is 9.40. The molecule has 2 N–H and O–H groups in total. The maximum Gasteiger partial charge on any atom is 0.162 e. The van der Waals surface area contributed by atoms with Gasteiger partial charge in [-0.1, -0.05) is 12.1 Å². The van der Waals surface area contributed by atoms with Gasteiger partial charge in [0.2, 0.25) is 0 Å². The Kier molecular flexibility index (Phi) is 4.30. The number of benzene rings is 2. The zero-order chi connectivity index (χ0) is 16.4. The normalized spacial score (nSPS) is 16.6. The lowest BCUT2D eigenvalue weighted by Gasteiger charge is -2.29. The van der Waals surface area contributed by atoms with E-state index in [9.17, 15) is 5.11 Å². The molecule has 0 aromatic heterocycles. The molecule has 0 radical (unpaired) electrons. The highest BCUT2D eigenvalue weighted by Gasteiger charge is 2.26. The monoisotopic (exact) mass is 315 g/mol. The standard InChI is InChI=1S/C18H21NO4/c1-21-14-6-4-5-12(18(14)20)17-13-10-16(23-3)15(22-2)9-11(13)7-8-19-17/h4-6,9-10,17,19-20H,7-8H2,1-3H3/t17-/m0/s1. The summed E-state index contributed by atoms with van der Waals surface area (Å²) in [7, 11) is 4.81. The third-order valence-corrected chi connectivity index (χ3v) is 4.26. The molecule has 1 atom stereocenters. The van der Waals surface area contributed by atoms with E-state index in [-0.39, 0.29) is 11.8 Å². The number of aromatic hydroxyl groups is 1. The SMILES string of the molecule is COc1cc2c(cc1OC)[C@H](c1cccc(OC)c1O)NCC2. The molecule has 1 heterocycles. The van der Waals surface area contributed by atoms with Gasteiger partial charge in [-0.15, -0.1) is 0 Å². The van der Waals surface area contributed by atoms with Crippen molar-refractivity contribution >= 4 is 0 Å². The van der Waals surface area contributed by atoms with Crippen molar-refractivity contribution in [1.29, 1.82) is 0 Å². The minimum atomic E-state index is -0.117. The van der Waals surface area contributed by atoms with E-state index in [2.05, 4.69) is 5.32 Å². The molecule has 3 rings (SSSR count). The van der Waals surface area contributed by atoms with E-state index in [4.69, 9.17) is 14.2 Å². The van der Waals surface area contributed by atoms with Gasteiger partial charge in [0.05, 0.1) is 27.4 Å². The molecule has 0 bridgehead atoms. The van der Waals surface area contributed by atoms with Gasteiger partial charge in [-0.3, -0.25) is 0 Å². The maximum atomic E-state index is 10.5. The van der Waals surface area contributed by atoms with Crippen molar-refractivity contribution in [3.63, 3.8) is 0 Å². The van der Waals surface area contributed by atoms with Crippen LogP contribution in [0.5, 0.6) is 23.0 Å². The fourth-order valence-corrected chi connectivity index (χ4v) is 3.10. The fraction of sp³-hybridized carbons (Fsp3) is 0.333. The first-order valence-electron chi connectivity index (χ1n) is 7.53. The summed E-state index contributed by atoms with van der Waals surface area (Å²) >= 11 is 0. The van der Waals surface area contributed by atoms with Crippen LogP contribution in [0.4, 0.5) is 0 Å². The van der Waals surface area contributed by atoms with Gasteiger partial charge in [0, 0.05) is 12.1 Å². The number of methoxy groups -OCH3 is 3. The Morgan fingerprint density at radius 3 is 2.35 bits per heavy atom. The number of fused-ring (bicyclic) bond motifs is 1. The van der Waals surface area contributed by atoms with Crippen LogP contribution in [0.15, 0.2) is 30.3 Å². The first-order valence-corrected chi connectivity index (χ1v) is 7.53. The summed E-state index contributed by atoms with van der Waals surface area (Å²) < 4.78 is 16.0. The summed E-state index contributed by atoms with van der Waals surface area (Å²) in [5.41, 5.74) is 3.06. The predicted octanol–water partition coefficient (Wildman–Crippen LogP) is 2.65. The number of hydrogen-bond acceptors (Lipinski definition) is 5. The largest absolute Gasteiger partial charge is 0.504 e. The molecule has 5 heteroatoms. The van der Waals surface area contributed by atoms with Crippen molar-refractivity contribution in [2.45, 2.75) is 12.5 Å². The number of phenols is 1. The van der Waals surface area contributed by atoms with Crippen molar-refractivity contribution in [2.24, 2.45) is 0 Å². The first-order chi connectivity index (χ1) is 11.2. The van der Waals surface area contributed by atoms with Crippen LogP contribution in [-0.2, 0) is 6.42 Å². The summed E-state index contributed by atoms with van der Waals surface area (Å²) in [5.74, 6) is 2.04. The molecule has 0 aliphatic carbocycles. The van der Waals surface area contributed by atoms with Gasteiger partial charge in [-0.05, 0) is 35.7 Å². The first kappa shape index (κ1) is 15.5. The van der Waals surface area contributed by atoms with Gasteiger partial charge >= 0.3 is 0 Å². The lowest BCUT2D eigenvalue weighted by atomic mass is 9.89. The number of rotatable bonds is 4. The van der Waals surface area contributed by atoms with Crippen molar-refractivity contribution in [2.75, 3.05) is 27.9 Å². The van der Waals surface area contributed by atoms with Crippen LogP contribution in [0.2, 0.25) is 0 Å². The van der Waals surface area contributed by atoms with E-state index >= 15 is 0 Å². The van der Waals surface area contributed by atoms with E-state index < -0.39 is 0 Å². The quantitative estimate of drug-likeness (QED) is 0.908. The Balaban J connectivity index is 2.12. The van der Waals surface area contributed by atoms with Gasteiger partial charge < -0.3 is 24.6 Å². The van der Waals surface area contributed by atoms with E-state index in [1.807, 2.05) is 24.3 Å². The highest BCUT2D eigenvalue weighted by molar-refractivity contribution is 5.55. The molecule has 0 saturated carbocycles. The molecule has 0 fully saturated rings. The van der Waals surface area contributed by atoms with Crippen LogP contribution in [0.1, 0.15) is 22.7 Å². The van der Waals surface area contributed by atoms with Gasteiger partial charge in [0.15, 0.2) is 23.0 Å². The predicted molar refractivity (Wildman–Crippen MR) is 87.8 cm³/mol. The number of nitrogens with one attached hydrogen (secondary N) is 1. The molecule has 0 unspecified atom stereocenters. The summed E-state index contributed by atoms with van der Waals surface area (Å²) in [5, 5.41) is 13.9. The van der Waals surface area contributed by atoms with Gasteiger partial charge in [-0.2, -0.15) is 0 Å². The lowest BCUT2D eigenvalue weighted by Crippen LogP contribution is -2.30. The summed E-state index contributed by atoms with van der Waals surface area (Å²) in [6.45, 7) is 0.823. The topological polar surface area (TPSA) is 60.0 Å². The second kappa shape index (κ2) is 6.38. The molecule has 0 saturated heterocycles. The molecule has 23 heavy (non-hydrogen) atoms. The lowest BCUT2D eigenvalue weighted by molar-refractivity contribution is 0.352. The molecular weight excluding hydrogens is 294 g/mol. The zero-order valence-corrected chi connectivity index (χ0v) is 13.6. The van der Waals surface area contributed by atoms with Crippen LogP contribution >= 0.6 is 0 Å². The molecule has 2 aromatic rings. The van der Waals surface area contributed by atoms with Crippen LogP contribution in [0.25, 0.3) is 0 Å². The fourth-order valence-electron chi connectivity index (χ4n) is 3.10. The molecule has 122 valence electrons. The third kappa shape index (κ3) is 2.68. The maximum absolute atomic E-state index is 10.5. The zero-order valence-electron chi connectivity index (χ0n) is 13.6. The van der Waals surface area contributed by atoms with Crippen molar-refractivity contribution in [3.05, 3.63) is 47.0 Å². The Labute approximate surface area is 135 Å². The average molecular weight is 315 g/mol. The van der Waals surface area contributed by atoms with E-state index in [0.29, 0.717) is 11.5 Å². The molecule has 1 aliphatic heterocycles. The Morgan fingerprint density at radius 2 is 1.65 bits per heavy atom. The number of phenolic OH excluding ortho intramolecular Hbond substituents is 1. The highest BCUT2D eigenvalue weighted by Crippen LogP contribution is 2.41. The second-order valence-corrected chi connectivity index (χ2v) is 5.44. The molecule has 2 aromatic carbocycles. The third-order valence-electron chi connectivity index (χ3n) is 4.26. The number of para-hydroxylation sites is 1. The molecule has 5 nitrogen and oxygen atoms in total. The van der Waals surface area contributed by atoms with Crippen LogP contribution in [0.3, 0.4) is 0 Å². The Morgan fingerprint density at radius 1 is 0.957 bits per heavy atom. The van der Waals surface area contributed by atoms with Gasteiger partial charge in [0.25, 0.3) is 0 Å². The van der Waals surface area contributed by atoms with Crippen molar-refractivity contribution < 1.29 is 19.3 Å². The smallest absolute Gasteiger partial charge is 0.162 e. The van der Waals surface area contributed by atoms with Crippen LogP contribution in [-0.4, -0.2) is 33.0 Å². The number of hydrogen-bond donors (Lipinski definition) is 2. The van der Waals surface area contributed by atoms with Crippen molar-refractivity contribution in [1.82, 2.24) is 5.32 Å². The van der Waals surface area contributed by atoms with Crippen molar-refractivity contribution in [3.8, 4) is 23.0 Å². The van der Waals surface area contributed by atoms with Crippen LogP contribution in [0, 0.1) is 0 Å². The van der Waals surface area contributed by atoms with Gasteiger partial charge in [-0.25, -0.2) is 0 Å². The van der Waals surface area contributed by atoms with E-state index in [0.717, 1.165) is 29.8 Å². The summed E-state index contributed by atoms with van der Waals surface area (Å²) in [4.78, 5) is 0. The van der Waals surface area contributed by atoms with E-state index in [1.54, 1.807) is 27.4 Å². The Hall–Kier alpha value is -2.40. The second-order valence-electron chi connectivity index (χ2n) is 5.44. The van der Waals surface area contributed by atoms with Crippen LogP contribution < -0.4 is 19.5 Å². The summed E-state index contributed by atoms with van der Waals surface area (Å²) in [6.07, 6.45) is 0.900.